The first-order valence-corrected chi connectivity index (χ1v) is 5.04. The molecule has 0 amide bonds. The summed E-state index contributed by atoms with van der Waals surface area (Å²) in [6, 6.07) is 3.80. The maximum absolute atomic E-state index is 10.8. The summed E-state index contributed by atoms with van der Waals surface area (Å²) < 4.78 is 0.917. The lowest BCUT2D eigenvalue weighted by molar-refractivity contribution is 1.21. The number of rotatable bonds is 0. The predicted octanol–water partition coefficient (Wildman–Crippen LogP) is 2.32. The van der Waals surface area contributed by atoms with E-state index in [9.17, 15) is 4.79 Å². The number of aryl methyl sites for hydroxylation is 1. The van der Waals surface area contributed by atoms with Crippen molar-refractivity contribution in [3.05, 3.63) is 27.5 Å². The van der Waals surface area contributed by atoms with Crippen LogP contribution in [0.2, 0.25) is 0 Å². The first-order valence-electron chi connectivity index (χ1n) is 4.22. The van der Waals surface area contributed by atoms with E-state index in [2.05, 4.69) is 9.97 Å². The van der Waals surface area contributed by atoms with Gasteiger partial charge in [-0.05, 0) is 19.1 Å². The maximum atomic E-state index is 10.8. The van der Waals surface area contributed by atoms with Crippen LogP contribution in [0.25, 0.3) is 10.3 Å². The number of aromatic amines is 1. The van der Waals surface area contributed by atoms with Gasteiger partial charge in [0.15, 0.2) is 5.65 Å². The molecule has 0 spiro atoms. The minimum atomic E-state index is -0.0434. The second kappa shape index (κ2) is 4.18. The maximum Gasteiger partial charge on any atom is 0.306 e. The predicted molar refractivity (Wildman–Crippen MR) is 56.3 cm³/mol. The third-order valence-electron chi connectivity index (χ3n) is 1.42. The highest BCUT2D eigenvalue weighted by atomic mass is 32.1. The highest BCUT2D eigenvalue weighted by molar-refractivity contribution is 7.16. The summed E-state index contributed by atoms with van der Waals surface area (Å²) in [5, 5.41) is 0. The van der Waals surface area contributed by atoms with Crippen molar-refractivity contribution in [1.29, 1.82) is 0 Å². The molecule has 0 unspecified atom stereocenters. The van der Waals surface area contributed by atoms with E-state index in [1.807, 2.05) is 32.9 Å². The van der Waals surface area contributed by atoms with E-state index in [4.69, 9.17) is 0 Å². The Labute approximate surface area is 80.5 Å². The number of aromatic nitrogens is 2. The van der Waals surface area contributed by atoms with Gasteiger partial charge in [0.05, 0.1) is 4.70 Å². The van der Waals surface area contributed by atoms with Gasteiger partial charge in [-0.1, -0.05) is 25.2 Å². The van der Waals surface area contributed by atoms with Gasteiger partial charge in [-0.15, -0.1) is 0 Å². The number of nitrogens with zero attached hydrogens (tertiary/aromatic N) is 1. The third kappa shape index (κ3) is 2.15. The van der Waals surface area contributed by atoms with Crippen molar-refractivity contribution < 1.29 is 0 Å². The molecule has 70 valence electrons. The van der Waals surface area contributed by atoms with Gasteiger partial charge in [-0.3, -0.25) is 9.78 Å². The first kappa shape index (κ1) is 9.92. The topological polar surface area (TPSA) is 45.8 Å². The zero-order valence-corrected chi connectivity index (χ0v) is 8.73. The fraction of sp³-hybridized carbons (Fsp3) is 0.333. The second-order valence-corrected chi connectivity index (χ2v) is 3.33. The van der Waals surface area contributed by atoms with Crippen LogP contribution < -0.4 is 4.87 Å². The molecule has 0 aliphatic heterocycles. The Hall–Kier alpha value is -1.16. The fourth-order valence-corrected chi connectivity index (χ4v) is 1.61. The summed E-state index contributed by atoms with van der Waals surface area (Å²) in [5.41, 5.74) is 1.62. The molecule has 1 N–H and O–H groups in total. The highest BCUT2D eigenvalue weighted by Gasteiger charge is 1.98. The molecular weight excluding hydrogens is 184 g/mol. The van der Waals surface area contributed by atoms with Crippen LogP contribution in [0, 0.1) is 6.92 Å². The summed E-state index contributed by atoms with van der Waals surface area (Å²) in [4.78, 5) is 17.6. The van der Waals surface area contributed by atoms with Crippen LogP contribution in [-0.2, 0) is 0 Å². The number of thiazole rings is 1. The number of nitrogens with one attached hydrogen (secondary N) is 1. The molecule has 0 aromatic carbocycles. The van der Waals surface area contributed by atoms with Crippen molar-refractivity contribution >= 4 is 21.7 Å². The van der Waals surface area contributed by atoms with Crippen molar-refractivity contribution in [2.24, 2.45) is 0 Å². The minimum absolute atomic E-state index is 0.0434. The minimum Gasteiger partial charge on any atom is -0.297 e. The molecule has 0 saturated heterocycles. The van der Waals surface area contributed by atoms with E-state index in [1.54, 1.807) is 0 Å². The van der Waals surface area contributed by atoms with Gasteiger partial charge >= 0.3 is 4.87 Å². The van der Waals surface area contributed by atoms with Crippen LogP contribution in [0.1, 0.15) is 19.5 Å². The van der Waals surface area contributed by atoms with Crippen molar-refractivity contribution in [2.75, 3.05) is 0 Å². The molecule has 4 heteroatoms. The van der Waals surface area contributed by atoms with Crippen molar-refractivity contribution in [3.8, 4) is 0 Å². The molecule has 0 aliphatic carbocycles. The summed E-state index contributed by atoms with van der Waals surface area (Å²) in [6.07, 6.45) is 0. The van der Waals surface area contributed by atoms with Gasteiger partial charge in [0.1, 0.15) is 0 Å². The summed E-state index contributed by atoms with van der Waals surface area (Å²) >= 11 is 1.19. The number of fused-ring (bicyclic) bond motifs is 1. The second-order valence-electron chi connectivity index (χ2n) is 2.31. The number of pyridine rings is 1. The molecule has 3 nitrogen and oxygen atoms in total. The lowest BCUT2D eigenvalue weighted by Crippen LogP contribution is -1.91. The average Bonchev–Trinajstić information content (AvgIpc) is 2.48. The molecule has 0 fully saturated rings. The molecule has 0 radical (unpaired) electrons. The van der Waals surface area contributed by atoms with E-state index in [1.165, 1.54) is 11.3 Å². The average molecular weight is 196 g/mol. The highest BCUT2D eigenvalue weighted by Crippen LogP contribution is 2.11. The quantitative estimate of drug-likeness (QED) is 0.702. The normalized spacial score (nSPS) is 9.46. The summed E-state index contributed by atoms with van der Waals surface area (Å²) in [5.74, 6) is 0. The van der Waals surface area contributed by atoms with Crippen molar-refractivity contribution in [3.63, 3.8) is 0 Å². The largest absolute Gasteiger partial charge is 0.306 e. The van der Waals surface area contributed by atoms with Gasteiger partial charge in [0, 0.05) is 5.69 Å². The molecule has 2 aromatic rings. The van der Waals surface area contributed by atoms with E-state index < -0.39 is 0 Å². The van der Waals surface area contributed by atoms with E-state index in [-0.39, 0.29) is 4.87 Å². The summed E-state index contributed by atoms with van der Waals surface area (Å²) in [6.45, 7) is 5.90. The standard InChI is InChI=1S/C7H6N2OS.C2H6/c1-4-2-3-5-6(8-4)9-7(10)11-5;1-2/h2-3H,1H3,(H,8,9,10);1-2H3. The van der Waals surface area contributed by atoms with Gasteiger partial charge in [0.2, 0.25) is 0 Å². The number of hydrogen-bond acceptors (Lipinski definition) is 3. The summed E-state index contributed by atoms with van der Waals surface area (Å²) in [7, 11) is 0. The molecule has 0 bridgehead atoms. The SMILES string of the molecule is CC.Cc1ccc2sc(=O)[nH]c2n1. The van der Waals surface area contributed by atoms with Crippen LogP contribution in [0.5, 0.6) is 0 Å². The Morgan fingerprint density at radius 3 is 2.77 bits per heavy atom. The van der Waals surface area contributed by atoms with Crippen LogP contribution in [0.3, 0.4) is 0 Å². The molecule has 2 rings (SSSR count). The zero-order chi connectivity index (χ0) is 9.84. The van der Waals surface area contributed by atoms with Crippen LogP contribution in [0.15, 0.2) is 16.9 Å². The zero-order valence-electron chi connectivity index (χ0n) is 7.92. The lowest BCUT2D eigenvalue weighted by atomic mass is 10.4. The Morgan fingerprint density at radius 1 is 1.38 bits per heavy atom. The van der Waals surface area contributed by atoms with Gasteiger partial charge in [-0.2, -0.15) is 0 Å². The molecule has 2 heterocycles. The molecule has 0 saturated carbocycles. The smallest absolute Gasteiger partial charge is 0.297 e. The monoisotopic (exact) mass is 196 g/mol. The molecular formula is C9H12N2OS. The molecule has 0 atom stereocenters. The van der Waals surface area contributed by atoms with Crippen molar-refractivity contribution in [1.82, 2.24) is 9.97 Å². The first-order chi connectivity index (χ1) is 6.25. The van der Waals surface area contributed by atoms with Crippen LogP contribution >= 0.6 is 11.3 Å². The Balaban J connectivity index is 0.000000396. The molecule has 13 heavy (non-hydrogen) atoms. The Morgan fingerprint density at radius 2 is 2.08 bits per heavy atom. The molecule has 0 aliphatic rings. The third-order valence-corrected chi connectivity index (χ3v) is 2.26. The number of H-pyrrole nitrogens is 1. The van der Waals surface area contributed by atoms with E-state index in [0.717, 1.165) is 10.4 Å². The van der Waals surface area contributed by atoms with E-state index >= 15 is 0 Å². The lowest BCUT2D eigenvalue weighted by Gasteiger charge is -1.88. The van der Waals surface area contributed by atoms with Crippen LogP contribution in [-0.4, -0.2) is 9.97 Å². The Bertz CT molecular complexity index is 444. The van der Waals surface area contributed by atoms with Crippen molar-refractivity contribution in [2.45, 2.75) is 20.8 Å². The number of hydrogen-bond donors (Lipinski definition) is 1. The van der Waals surface area contributed by atoms with Gasteiger partial charge in [0.25, 0.3) is 0 Å². The van der Waals surface area contributed by atoms with Gasteiger partial charge in [-0.25, -0.2) is 4.98 Å². The van der Waals surface area contributed by atoms with Gasteiger partial charge < -0.3 is 0 Å². The molecule has 2 aromatic heterocycles. The fourth-order valence-electron chi connectivity index (χ4n) is 0.938. The Kier molecular flexibility index (Phi) is 3.19. The van der Waals surface area contributed by atoms with Crippen LogP contribution in [0.4, 0.5) is 0 Å². The van der Waals surface area contributed by atoms with E-state index in [0.29, 0.717) is 5.65 Å².